The van der Waals surface area contributed by atoms with E-state index in [-0.39, 0.29) is 11.9 Å². The quantitative estimate of drug-likeness (QED) is 0.729. The molecule has 2 N–H and O–H groups in total. The van der Waals surface area contributed by atoms with Gasteiger partial charge in [-0.1, -0.05) is 13.8 Å². The Labute approximate surface area is 111 Å². The van der Waals surface area contributed by atoms with Gasteiger partial charge in [-0.15, -0.1) is 0 Å². The van der Waals surface area contributed by atoms with Crippen LogP contribution in [0.3, 0.4) is 0 Å². The standard InChI is InChI=1S/C14H28N2O2/c1-5-13(6-2)16-14(17)10(3)15-9-12-7-8-18-11(12)4/h10-13,15H,5-9H2,1-4H3,(H,16,17). The normalized spacial score (nSPS) is 25.4. The summed E-state index contributed by atoms with van der Waals surface area (Å²) in [6, 6.07) is 0.175. The minimum atomic E-state index is -0.126. The van der Waals surface area contributed by atoms with E-state index in [2.05, 4.69) is 31.4 Å². The first kappa shape index (κ1) is 15.4. The number of nitrogens with one attached hydrogen (secondary N) is 2. The van der Waals surface area contributed by atoms with Gasteiger partial charge >= 0.3 is 0 Å². The second-order valence-electron chi connectivity index (χ2n) is 5.28. The van der Waals surface area contributed by atoms with Gasteiger partial charge in [-0.25, -0.2) is 0 Å². The van der Waals surface area contributed by atoms with Crippen molar-refractivity contribution in [2.45, 2.75) is 65.1 Å². The number of carbonyl (C=O) groups excluding carboxylic acids is 1. The van der Waals surface area contributed by atoms with Crippen LogP contribution in [0.4, 0.5) is 0 Å². The molecule has 0 aliphatic carbocycles. The highest BCUT2D eigenvalue weighted by Crippen LogP contribution is 2.19. The minimum absolute atomic E-state index is 0.107. The molecule has 4 nitrogen and oxygen atoms in total. The van der Waals surface area contributed by atoms with Gasteiger partial charge in [0, 0.05) is 19.2 Å². The van der Waals surface area contributed by atoms with Gasteiger partial charge in [-0.3, -0.25) is 4.79 Å². The average molecular weight is 256 g/mol. The molecule has 0 aromatic carbocycles. The Hall–Kier alpha value is -0.610. The fourth-order valence-corrected chi connectivity index (χ4v) is 2.28. The summed E-state index contributed by atoms with van der Waals surface area (Å²) in [4.78, 5) is 12.0. The highest BCUT2D eigenvalue weighted by molar-refractivity contribution is 5.81. The van der Waals surface area contributed by atoms with Crippen LogP contribution in [0.25, 0.3) is 0 Å². The first-order chi connectivity index (χ1) is 8.58. The number of hydrogen-bond donors (Lipinski definition) is 2. The summed E-state index contributed by atoms with van der Waals surface area (Å²) in [5, 5.41) is 6.39. The van der Waals surface area contributed by atoms with Crippen LogP contribution in [0.15, 0.2) is 0 Å². The van der Waals surface area contributed by atoms with Crippen LogP contribution in [0, 0.1) is 5.92 Å². The fourth-order valence-electron chi connectivity index (χ4n) is 2.28. The number of hydrogen-bond acceptors (Lipinski definition) is 3. The van der Waals surface area contributed by atoms with Crippen LogP contribution in [-0.2, 0) is 9.53 Å². The largest absolute Gasteiger partial charge is 0.378 e. The van der Waals surface area contributed by atoms with Crippen LogP contribution in [0.1, 0.15) is 47.0 Å². The Morgan fingerprint density at radius 1 is 1.39 bits per heavy atom. The first-order valence-electron chi connectivity index (χ1n) is 7.23. The number of amides is 1. The van der Waals surface area contributed by atoms with Crippen molar-refractivity contribution < 1.29 is 9.53 Å². The molecule has 1 rings (SSSR count). The maximum atomic E-state index is 12.0. The lowest BCUT2D eigenvalue weighted by atomic mass is 10.0. The van der Waals surface area contributed by atoms with E-state index < -0.39 is 0 Å². The zero-order chi connectivity index (χ0) is 13.5. The predicted molar refractivity (Wildman–Crippen MR) is 73.5 cm³/mol. The molecule has 0 spiro atoms. The van der Waals surface area contributed by atoms with Gasteiger partial charge in [-0.2, -0.15) is 0 Å². The van der Waals surface area contributed by atoms with Gasteiger partial charge in [0.15, 0.2) is 0 Å². The van der Waals surface area contributed by atoms with Gasteiger partial charge in [-0.05, 0) is 39.0 Å². The molecule has 1 aliphatic rings. The molecule has 0 radical (unpaired) electrons. The van der Waals surface area contributed by atoms with Gasteiger partial charge in [0.1, 0.15) is 0 Å². The van der Waals surface area contributed by atoms with Crippen molar-refractivity contribution in [2.24, 2.45) is 5.92 Å². The molecule has 0 saturated carbocycles. The summed E-state index contributed by atoms with van der Waals surface area (Å²) in [5.74, 6) is 0.642. The van der Waals surface area contributed by atoms with Crippen LogP contribution in [0.5, 0.6) is 0 Å². The van der Waals surface area contributed by atoms with E-state index >= 15 is 0 Å². The molecule has 3 atom stereocenters. The van der Waals surface area contributed by atoms with E-state index in [1.165, 1.54) is 0 Å². The summed E-state index contributed by atoms with van der Waals surface area (Å²) >= 11 is 0. The Morgan fingerprint density at radius 2 is 2.06 bits per heavy atom. The van der Waals surface area contributed by atoms with E-state index in [9.17, 15) is 4.79 Å². The zero-order valence-corrected chi connectivity index (χ0v) is 12.2. The molecule has 1 aliphatic heterocycles. The third-order valence-corrected chi connectivity index (χ3v) is 3.94. The van der Waals surface area contributed by atoms with Crippen LogP contribution < -0.4 is 10.6 Å². The molecule has 1 heterocycles. The fraction of sp³-hybridized carbons (Fsp3) is 0.929. The van der Waals surface area contributed by atoms with E-state index in [0.717, 1.165) is 32.4 Å². The van der Waals surface area contributed by atoms with Crippen molar-refractivity contribution in [3.05, 3.63) is 0 Å². The SMILES string of the molecule is CCC(CC)NC(=O)C(C)NCC1CCOC1C. The third kappa shape index (κ3) is 4.58. The van der Waals surface area contributed by atoms with E-state index in [1.807, 2.05) is 6.92 Å². The molecule has 4 heteroatoms. The van der Waals surface area contributed by atoms with Gasteiger partial charge < -0.3 is 15.4 Å². The Bertz CT molecular complexity index is 254. The second-order valence-corrected chi connectivity index (χ2v) is 5.28. The lowest BCUT2D eigenvalue weighted by Crippen LogP contribution is -2.47. The summed E-state index contributed by atoms with van der Waals surface area (Å²) in [5.41, 5.74) is 0. The monoisotopic (exact) mass is 256 g/mol. The van der Waals surface area contributed by atoms with Crippen molar-refractivity contribution >= 4 is 5.91 Å². The molecule has 106 valence electrons. The lowest BCUT2D eigenvalue weighted by Gasteiger charge is -2.21. The molecule has 0 aromatic rings. The third-order valence-electron chi connectivity index (χ3n) is 3.94. The van der Waals surface area contributed by atoms with Crippen LogP contribution in [0.2, 0.25) is 0 Å². The van der Waals surface area contributed by atoms with Crippen molar-refractivity contribution in [3.63, 3.8) is 0 Å². The topological polar surface area (TPSA) is 50.4 Å². The first-order valence-corrected chi connectivity index (χ1v) is 7.23. The van der Waals surface area contributed by atoms with Gasteiger partial charge in [0.05, 0.1) is 12.1 Å². The van der Waals surface area contributed by atoms with Crippen molar-refractivity contribution in [1.29, 1.82) is 0 Å². The van der Waals surface area contributed by atoms with E-state index in [0.29, 0.717) is 18.1 Å². The molecular formula is C14H28N2O2. The zero-order valence-electron chi connectivity index (χ0n) is 12.2. The van der Waals surface area contributed by atoms with E-state index in [1.54, 1.807) is 0 Å². The molecule has 1 saturated heterocycles. The smallest absolute Gasteiger partial charge is 0.237 e. The van der Waals surface area contributed by atoms with Crippen molar-refractivity contribution in [2.75, 3.05) is 13.2 Å². The maximum absolute atomic E-state index is 12.0. The molecule has 1 fully saturated rings. The second kappa shape index (κ2) is 7.74. The Balaban J connectivity index is 2.26. The van der Waals surface area contributed by atoms with Crippen molar-refractivity contribution in [3.8, 4) is 0 Å². The molecule has 18 heavy (non-hydrogen) atoms. The molecule has 0 aromatic heterocycles. The number of carbonyl (C=O) groups is 1. The minimum Gasteiger partial charge on any atom is -0.378 e. The lowest BCUT2D eigenvalue weighted by molar-refractivity contribution is -0.123. The highest BCUT2D eigenvalue weighted by atomic mass is 16.5. The maximum Gasteiger partial charge on any atom is 0.237 e. The Morgan fingerprint density at radius 3 is 2.56 bits per heavy atom. The predicted octanol–water partition coefficient (Wildman–Crippen LogP) is 1.69. The molecule has 3 unspecified atom stereocenters. The summed E-state index contributed by atoms with van der Waals surface area (Å²) in [7, 11) is 0. The van der Waals surface area contributed by atoms with E-state index in [4.69, 9.17) is 4.74 Å². The average Bonchev–Trinajstić information content (AvgIpc) is 2.78. The summed E-state index contributed by atoms with van der Waals surface area (Å²) in [6.45, 7) is 9.95. The highest BCUT2D eigenvalue weighted by Gasteiger charge is 2.25. The molecule has 0 bridgehead atoms. The number of rotatable bonds is 7. The van der Waals surface area contributed by atoms with Crippen LogP contribution in [-0.4, -0.2) is 37.2 Å². The van der Waals surface area contributed by atoms with Crippen LogP contribution >= 0.6 is 0 Å². The molecule has 1 amide bonds. The molecular weight excluding hydrogens is 228 g/mol. The van der Waals surface area contributed by atoms with Crippen molar-refractivity contribution in [1.82, 2.24) is 10.6 Å². The van der Waals surface area contributed by atoms with Gasteiger partial charge in [0.25, 0.3) is 0 Å². The Kier molecular flexibility index (Phi) is 6.65. The van der Waals surface area contributed by atoms with Gasteiger partial charge in [0.2, 0.25) is 5.91 Å². The summed E-state index contributed by atoms with van der Waals surface area (Å²) in [6.07, 6.45) is 3.38. The summed E-state index contributed by atoms with van der Waals surface area (Å²) < 4.78 is 5.52. The number of ether oxygens (including phenoxy) is 1.